The summed E-state index contributed by atoms with van der Waals surface area (Å²) in [6, 6.07) is 20.6. The molecule has 0 saturated heterocycles. The van der Waals surface area contributed by atoms with Crippen LogP contribution < -0.4 is 15.2 Å². The van der Waals surface area contributed by atoms with Crippen LogP contribution in [0.3, 0.4) is 0 Å². The van der Waals surface area contributed by atoms with E-state index < -0.39 is 5.97 Å². The summed E-state index contributed by atoms with van der Waals surface area (Å²) < 4.78 is 15.5. The fourth-order valence-corrected chi connectivity index (χ4v) is 3.59. The number of aromatic nitrogens is 1. The second-order valence-electron chi connectivity index (χ2n) is 6.93. The first-order valence-electron chi connectivity index (χ1n) is 9.66. The summed E-state index contributed by atoms with van der Waals surface area (Å²) in [5.41, 5.74) is 10.1. The molecular weight excluding hydrogens is 392 g/mol. The van der Waals surface area contributed by atoms with Gasteiger partial charge in [0.15, 0.2) is 0 Å². The Morgan fingerprint density at radius 3 is 1.90 bits per heavy atom. The predicted octanol–water partition coefficient (Wildman–Crippen LogP) is 4.95. The maximum atomic E-state index is 12.2. The third-order valence-corrected chi connectivity index (χ3v) is 5.20. The van der Waals surface area contributed by atoms with E-state index in [4.69, 9.17) is 24.9 Å². The number of anilines is 1. The van der Waals surface area contributed by atoms with Crippen LogP contribution >= 0.6 is 0 Å². The summed E-state index contributed by atoms with van der Waals surface area (Å²) in [6.45, 7) is 0. The lowest BCUT2D eigenvalue weighted by molar-refractivity contribution is 0.0601. The number of nitrogen functional groups attached to an aromatic ring is 1. The van der Waals surface area contributed by atoms with E-state index in [-0.39, 0.29) is 0 Å². The maximum Gasteiger partial charge on any atom is 0.337 e. The van der Waals surface area contributed by atoms with E-state index in [2.05, 4.69) is 0 Å². The van der Waals surface area contributed by atoms with Crippen LogP contribution in [0.4, 0.5) is 5.82 Å². The number of methoxy groups -OCH3 is 3. The van der Waals surface area contributed by atoms with Crippen molar-refractivity contribution in [3.8, 4) is 33.9 Å². The number of fused-ring (bicyclic) bond motifs is 1. The number of nitrogens with two attached hydrogens (primary N) is 1. The van der Waals surface area contributed by atoms with Gasteiger partial charge in [-0.2, -0.15) is 0 Å². The summed E-state index contributed by atoms with van der Waals surface area (Å²) >= 11 is 0. The molecule has 0 spiro atoms. The summed E-state index contributed by atoms with van der Waals surface area (Å²) in [5, 5.41) is 1.57. The van der Waals surface area contributed by atoms with Crippen LogP contribution in [-0.4, -0.2) is 32.3 Å². The summed E-state index contributed by atoms with van der Waals surface area (Å²) in [6.07, 6.45) is 0. The Balaban J connectivity index is 2.05. The van der Waals surface area contributed by atoms with Crippen molar-refractivity contribution in [1.82, 2.24) is 4.98 Å². The minimum absolute atomic E-state index is 0.384. The molecule has 0 saturated carbocycles. The van der Waals surface area contributed by atoms with Gasteiger partial charge in [0.2, 0.25) is 0 Å². The van der Waals surface area contributed by atoms with E-state index in [1.165, 1.54) is 7.11 Å². The van der Waals surface area contributed by atoms with Gasteiger partial charge < -0.3 is 19.9 Å². The SMILES string of the molecule is COC(=O)c1ccc2c(N)nc(-c3ccc(OC)cc3)c(-c3ccc(OC)cc3)c2c1. The van der Waals surface area contributed by atoms with Crippen LogP contribution in [0.15, 0.2) is 66.7 Å². The number of esters is 1. The molecular formula is C25H22N2O4. The average Bonchev–Trinajstić information content (AvgIpc) is 2.83. The number of rotatable bonds is 5. The Labute approximate surface area is 180 Å². The first-order chi connectivity index (χ1) is 15.0. The molecule has 0 atom stereocenters. The number of nitrogens with zero attached hydrogens (tertiary/aromatic N) is 1. The molecule has 0 bridgehead atoms. The first-order valence-corrected chi connectivity index (χ1v) is 9.66. The topological polar surface area (TPSA) is 83.7 Å². The molecule has 0 radical (unpaired) electrons. The molecule has 4 aromatic rings. The third kappa shape index (κ3) is 3.75. The highest BCUT2D eigenvalue weighted by Gasteiger charge is 2.18. The molecule has 156 valence electrons. The van der Waals surface area contributed by atoms with E-state index in [0.29, 0.717) is 17.1 Å². The molecule has 4 rings (SSSR count). The average molecular weight is 414 g/mol. The van der Waals surface area contributed by atoms with Crippen molar-refractivity contribution in [2.45, 2.75) is 0 Å². The van der Waals surface area contributed by atoms with Crippen LogP contribution in [-0.2, 0) is 4.74 Å². The van der Waals surface area contributed by atoms with Gasteiger partial charge in [-0.15, -0.1) is 0 Å². The molecule has 0 fully saturated rings. The van der Waals surface area contributed by atoms with E-state index in [0.717, 1.165) is 39.0 Å². The first kappa shape index (κ1) is 20.2. The number of hydrogen-bond donors (Lipinski definition) is 1. The van der Waals surface area contributed by atoms with Crippen molar-refractivity contribution >= 4 is 22.6 Å². The zero-order valence-electron chi connectivity index (χ0n) is 17.5. The van der Waals surface area contributed by atoms with Crippen molar-refractivity contribution in [3.63, 3.8) is 0 Å². The molecule has 1 aromatic heterocycles. The molecule has 6 nitrogen and oxygen atoms in total. The van der Waals surface area contributed by atoms with Gasteiger partial charge in [0.05, 0.1) is 32.6 Å². The molecule has 0 aliphatic rings. The third-order valence-electron chi connectivity index (χ3n) is 5.20. The quantitative estimate of drug-likeness (QED) is 0.465. The van der Waals surface area contributed by atoms with Crippen LogP contribution in [0.5, 0.6) is 11.5 Å². The normalized spacial score (nSPS) is 10.7. The molecule has 2 N–H and O–H groups in total. The Bertz CT molecular complexity index is 1250. The molecule has 1 heterocycles. The summed E-state index contributed by atoms with van der Waals surface area (Å²) in [4.78, 5) is 16.9. The van der Waals surface area contributed by atoms with Gasteiger partial charge in [-0.1, -0.05) is 12.1 Å². The highest BCUT2D eigenvalue weighted by atomic mass is 16.5. The number of hydrogen-bond acceptors (Lipinski definition) is 6. The number of carbonyl (C=O) groups excluding carboxylic acids is 1. The van der Waals surface area contributed by atoms with Crippen molar-refractivity contribution in [2.24, 2.45) is 0 Å². The fraction of sp³-hybridized carbons (Fsp3) is 0.120. The second kappa shape index (κ2) is 8.36. The second-order valence-corrected chi connectivity index (χ2v) is 6.93. The minimum Gasteiger partial charge on any atom is -0.497 e. The van der Waals surface area contributed by atoms with Crippen molar-refractivity contribution < 1.29 is 19.0 Å². The molecule has 0 aliphatic heterocycles. The standard InChI is InChI=1S/C25H22N2O4/c1-29-18-9-4-15(5-10-18)22-21-14-17(25(28)31-3)8-13-20(21)24(26)27-23(22)16-6-11-19(30-2)12-7-16/h4-14H,1-3H3,(H2,26,27). The highest BCUT2D eigenvalue weighted by molar-refractivity contribution is 6.09. The van der Waals surface area contributed by atoms with Crippen LogP contribution in [0.2, 0.25) is 0 Å². The number of carbonyl (C=O) groups is 1. The molecule has 6 heteroatoms. The van der Waals surface area contributed by atoms with Crippen molar-refractivity contribution in [3.05, 3.63) is 72.3 Å². The van der Waals surface area contributed by atoms with Gasteiger partial charge in [0.1, 0.15) is 17.3 Å². The van der Waals surface area contributed by atoms with Gasteiger partial charge in [0, 0.05) is 16.5 Å². The zero-order chi connectivity index (χ0) is 22.0. The van der Waals surface area contributed by atoms with E-state index in [1.54, 1.807) is 32.4 Å². The van der Waals surface area contributed by atoms with Crippen LogP contribution in [0, 0.1) is 0 Å². The largest absolute Gasteiger partial charge is 0.497 e. The zero-order valence-corrected chi connectivity index (χ0v) is 17.5. The highest BCUT2D eigenvalue weighted by Crippen LogP contribution is 2.40. The Morgan fingerprint density at radius 2 is 1.35 bits per heavy atom. The molecule has 0 aliphatic carbocycles. The van der Waals surface area contributed by atoms with Gasteiger partial charge in [-0.05, 0) is 65.5 Å². The van der Waals surface area contributed by atoms with Crippen molar-refractivity contribution in [1.29, 1.82) is 0 Å². The lowest BCUT2D eigenvalue weighted by Gasteiger charge is -2.16. The summed E-state index contributed by atoms with van der Waals surface area (Å²) in [7, 11) is 4.61. The lowest BCUT2D eigenvalue weighted by atomic mass is 9.92. The van der Waals surface area contributed by atoms with E-state index in [9.17, 15) is 4.79 Å². The van der Waals surface area contributed by atoms with Gasteiger partial charge in [-0.3, -0.25) is 0 Å². The Hall–Kier alpha value is -4.06. The monoisotopic (exact) mass is 414 g/mol. The Kier molecular flexibility index (Phi) is 5.45. The summed E-state index contributed by atoms with van der Waals surface area (Å²) in [5.74, 6) is 1.47. The smallest absolute Gasteiger partial charge is 0.337 e. The maximum absolute atomic E-state index is 12.2. The predicted molar refractivity (Wildman–Crippen MR) is 121 cm³/mol. The number of ether oxygens (including phenoxy) is 3. The molecule has 3 aromatic carbocycles. The van der Waals surface area contributed by atoms with E-state index >= 15 is 0 Å². The van der Waals surface area contributed by atoms with Crippen LogP contribution in [0.25, 0.3) is 33.2 Å². The minimum atomic E-state index is -0.413. The fourth-order valence-electron chi connectivity index (χ4n) is 3.59. The van der Waals surface area contributed by atoms with Gasteiger partial charge in [0.25, 0.3) is 0 Å². The number of pyridine rings is 1. The molecule has 31 heavy (non-hydrogen) atoms. The molecule has 0 unspecified atom stereocenters. The van der Waals surface area contributed by atoms with E-state index in [1.807, 2.05) is 48.5 Å². The number of benzene rings is 3. The van der Waals surface area contributed by atoms with Crippen LogP contribution in [0.1, 0.15) is 10.4 Å². The lowest BCUT2D eigenvalue weighted by Crippen LogP contribution is -2.03. The Morgan fingerprint density at radius 1 is 0.774 bits per heavy atom. The van der Waals surface area contributed by atoms with Gasteiger partial charge >= 0.3 is 5.97 Å². The van der Waals surface area contributed by atoms with Crippen molar-refractivity contribution in [2.75, 3.05) is 27.1 Å². The molecule has 0 amide bonds. The van der Waals surface area contributed by atoms with Gasteiger partial charge in [-0.25, -0.2) is 9.78 Å².